The highest BCUT2D eigenvalue weighted by Crippen LogP contribution is 2.14. The minimum atomic E-state index is -0.859. The zero-order valence-electron chi connectivity index (χ0n) is 16.8. The fourth-order valence-electron chi connectivity index (χ4n) is 2.57. The zero-order chi connectivity index (χ0) is 21.2. The second-order valence-corrected chi connectivity index (χ2v) is 6.88. The Morgan fingerprint density at radius 3 is 1.71 bits per heavy atom. The van der Waals surface area contributed by atoms with Crippen LogP contribution < -0.4 is 0 Å². The van der Waals surface area contributed by atoms with Crippen LogP contribution in [0.5, 0.6) is 0 Å². The fourth-order valence-corrected chi connectivity index (χ4v) is 2.57. The van der Waals surface area contributed by atoms with Crippen LogP contribution in [0.25, 0.3) is 0 Å². The highest BCUT2D eigenvalue weighted by Gasteiger charge is 2.11. The number of carboxylic acid groups (broad SMARTS) is 2. The largest absolute Gasteiger partial charge is 0.481 e. The van der Waals surface area contributed by atoms with Crippen LogP contribution in [0.4, 0.5) is 0 Å². The average molecular weight is 402 g/mol. The van der Waals surface area contributed by atoms with Gasteiger partial charge in [-0.1, -0.05) is 13.3 Å². The van der Waals surface area contributed by atoms with E-state index in [0.717, 1.165) is 25.7 Å². The van der Waals surface area contributed by atoms with Gasteiger partial charge in [0.2, 0.25) is 0 Å². The molecule has 1 unspecified atom stereocenters. The number of hydrogen-bond acceptors (Lipinski definition) is 6. The van der Waals surface area contributed by atoms with Crippen molar-refractivity contribution in [2.75, 3.05) is 13.2 Å². The molecule has 0 radical (unpaired) electrons. The lowest BCUT2D eigenvalue weighted by molar-refractivity contribution is -0.146. The first-order valence-electron chi connectivity index (χ1n) is 10.1. The van der Waals surface area contributed by atoms with Crippen molar-refractivity contribution < 1.29 is 38.9 Å². The Balaban J connectivity index is 3.66. The van der Waals surface area contributed by atoms with Gasteiger partial charge < -0.3 is 19.7 Å². The standard InChI is InChI=1S/C20H34O8/c1-2-16(15-28-20(26)13-6-4-11-18(23)24)9-7-8-14-27-19(25)12-5-3-10-17(21)22/h16H,2-15H2,1H3,(H,21,22)(H,23,24). The number of aliphatic carboxylic acids is 2. The molecule has 0 aromatic heterocycles. The molecule has 0 spiro atoms. The third-order valence-electron chi connectivity index (χ3n) is 4.37. The maximum Gasteiger partial charge on any atom is 0.305 e. The van der Waals surface area contributed by atoms with Crippen LogP contribution in [-0.2, 0) is 28.7 Å². The van der Waals surface area contributed by atoms with Gasteiger partial charge in [0.1, 0.15) is 0 Å². The van der Waals surface area contributed by atoms with Crippen LogP contribution >= 0.6 is 0 Å². The number of rotatable bonds is 18. The summed E-state index contributed by atoms with van der Waals surface area (Å²) in [7, 11) is 0. The first kappa shape index (κ1) is 25.9. The van der Waals surface area contributed by atoms with E-state index in [1.807, 2.05) is 6.92 Å². The van der Waals surface area contributed by atoms with E-state index in [0.29, 0.717) is 38.9 Å². The Kier molecular flexibility index (Phi) is 15.7. The van der Waals surface area contributed by atoms with Crippen molar-refractivity contribution >= 4 is 23.9 Å². The molecule has 0 fully saturated rings. The number of ether oxygens (including phenoxy) is 2. The van der Waals surface area contributed by atoms with E-state index < -0.39 is 11.9 Å². The summed E-state index contributed by atoms with van der Waals surface area (Å²) in [5.41, 5.74) is 0. The molecular weight excluding hydrogens is 368 g/mol. The van der Waals surface area contributed by atoms with Gasteiger partial charge in [0.15, 0.2) is 0 Å². The molecule has 1 atom stereocenters. The molecule has 0 saturated heterocycles. The Morgan fingerprint density at radius 1 is 0.714 bits per heavy atom. The lowest BCUT2D eigenvalue weighted by atomic mass is 10.0. The predicted octanol–water partition coefficient (Wildman–Crippen LogP) is 3.56. The van der Waals surface area contributed by atoms with Crippen LogP contribution in [0.15, 0.2) is 0 Å². The van der Waals surface area contributed by atoms with E-state index in [2.05, 4.69) is 0 Å². The van der Waals surface area contributed by atoms with Crippen molar-refractivity contribution in [3.63, 3.8) is 0 Å². The summed E-state index contributed by atoms with van der Waals surface area (Å²) in [6.45, 7) is 2.73. The third kappa shape index (κ3) is 17.3. The highest BCUT2D eigenvalue weighted by molar-refractivity contribution is 5.70. The number of hydrogen-bond donors (Lipinski definition) is 2. The second-order valence-electron chi connectivity index (χ2n) is 6.88. The molecule has 0 saturated carbocycles. The molecule has 162 valence electrons. The van der Waals surface area contributed by atoms with E-state index in [1.54, 1.807) is 0 Å². The number of unbranched alkanes of at least 4 members (excludes halogenated alkanes) is 3. The molecule has 0 aliphatic heterocycles. The van der Waals surface area contributed by atoms with Crippen molar-refractivity contribution in [3.8, 4) is 0 Å². The van der Waals surface area contributed by atoms with Gasteiger partial charge in [0.05, 0.1) is 13.2 Å². The van der Waals surface area contributed by atoms with Gasteiger partial charge in [0, 0.05) is 25.7 Å². The van der Waals surface area contributed by atoms with Crippen molar-refractivity contribution in [3.05, 3.63) is 0 Å². The van der Waals surface area contributed by atoms with Gasteiger partial charge in [-0.15, -0.1) is 0 Å². The normalized spacial score (nSPS) is 11.6. The summed E-state index contributed by atoms with van der Waals surface area (Å²) in [6, 6.07) is 0. The molecule has 0 aromatic carbocycles. The maximum absolute atomic E-state index is 11.6. The molecule has 0 rings (SSSR count). The third-order valence-corrected chi connectivity index (χ3v) is 4.37. The molecule has 0 bridgehead atoms. The Morgan fingerprint density at radius 2 is 1.21 bits per heavy atom. The van der Waals surface area contributed by atoms with Gasteiger partial charge in [0.25, 0.3) is 0 Å². The molecule has 0 aliphatic rings. The van der Waals surface area contributed by atoms with Gasteiger partial charge in [-0.2, -0.15) is 0 Å². The monoisotopic (exact) mass is 402 g/mol. The number of carbonyl (C=O) groups is 4. The van der Waals surface area contributed by atoms with Crippen LogP contribution in [0.1, 0.15) is 84.0 Å². The van der Waals surface area contributed by atoms with Crippen LogP contribution in [-0.4, -0.2) is 47.3 Å². The molecule has 2 N–H and O–H groups in total. The molecule has 8 heteroatoms. The topological polar surface area (TPSA) is 127 Å². The lowest BCUT2D eigenvalue weighted by Gasteiger charge is -2.15. The van der Waals surface area contributed by atoms with Crippen molar-refractivity contribution in [2.45, 2.75) is 84.0 Å². The van der Waals surface area contributed by atoms with E-state index in [-0.39, 0.29) is 43.5 Å². The second kappa shape index (κ2) is 17.0. The summed E-state index contributed by atoms with van der Waals surface area (Å²) in [5.74, 6) is -2.05. The Hall–Kier alpha value is -2.12. The van der Waals surface area contributed by atoms with Gasteiger partial charge in [-0.25, -0.2) is 0 Å². The molecule has 0 aliphatic carbocycles. The number of carbonyl (C=O) groups excluding carboxylic acids is 2. The van der Waals surface area contributed by atoms with Crippen LogP contribution in [0.3, 0.4) is 0 Å². The summed E-state index contributed by atoms with van der Waals surface area (Å²) >= 11 is 0. The van der Waals surface area contributed by atoms with E-state index in [1.165, 1.54) is 0 Å². The highest BCUT2D eigenvalue weighted by atomic mass is 16.5. The predicted molar refractivity (Wildman–Crippen MR) is 102 cm³/mol. The first-order valence-corrected chi connectivity index (χ1v) is 10.1. The van der Waals surface area contributed by atoms with Gasteiger partial charge in [-0.3, -0.25) is 19.2 Å². The average Bonchev–Trinajstić information content (AvgIpc) is 2.64. The van der Waals surface area contributed by atoms with Crippen LogP contribution in [0.2, 0.25) is 0 Å². The molecule has 28 heavy (non-hydrogen) atoms. The van der Waals surface area contributed by atoms with E-state index in [4.69, 9.17) is 19.7 Å². The molecular formula is C20H34O8. The quantitative estimate of drug-likeness (QED) is 0.263. The summed E-state index contributed by atoms with van der Waals surface area (Å²) < 4.78 is 10.4. The van der Waals surface area contributed by atoms with E-state index >= 15 is 0 Å². The summed E-state index contributed by atoms with van der Waals surface area (Å²) in [4.78, 5) is 43.9. The zero-order valence-corrected chi connectivity index (χ0v) is 16.8. The number of carboxylic acids is 2. The van der Waals surface area contributed by atoms with Gasteiger partial charge in [-0.05, 0) is 50.9 Å². The van der Waals surface area contributed by atoms with Crippen molar-refractivity contribution in [1.82, 2.24) is 0 Å². The molecule has 0 amide bonds. The van der Waals surface area contributed by atoms with E-state index in [9.17, 15) is 19.2 Å². The Bertz CT molecular complexity index is 475. The summed E-state index contributed by atoms with van der Waals surface area (Å²) in [5, 5.41) is 17.1. The maximum atomic E-state index is 11.6. The minimum Gasteiger partial charge on any atom is -0.481 e. The van der Waals surface area contributed by atoms with Crippen LogP contribution in [0, 0.1) is 5.92 Å². The van der Waals surface area contributed by atoms with Crippen molar-refractivity contribution in [2.24, 2.45) is 5.92 Å². The molecule has 0 heterocycles. The molecule has 8 nitrogen and oxygen atoms in total. The SMILES string of the molecule is CCC(CCCCOC(=O)CCCCC(=O)O)COC(=O)CCCCC(=O)O. The lowest BCUT2D eigenvalue weighted by Crippen LogP contribution is -2.14. The van der Waals surface area contributed by atoms with Gasteiger partial charge >= 0.3 is 23.9 Å². The smallest absolute Gasteiger partial charge is 0.305 e. The minimum absolute atomic E-state index is 0.0672. The number of esters is 2. The molecule has 0 aromatic rings. The summed E-state index contributed by atoms with van der Waals surface area (Å²) in [6.07, 6.45) is 5.96. The fraction of sp³-hybridized carbons (Fsp3) is 0.800. The first-order chi connectivity index (χ1) is 13.3. The van der Waals surface area contributed by atoms with Crippen molar-refractivity contribution in [1.29, 1.82) is 0 Å². The Labute approximate surface area is 166 Å².